The predicted molar refractivity (Wildman–Crippen MR) is 77.5 cm³/mol. The summed E-state index contributed by atoms with van der Waals surface area (Å²) in [6, 6.07) is 0.215. The minimum absolute atomic E-state index is 0.0882. The molecule has 6 heteroatoms. The standard InChI is InChI=1S/C12H24N2O2S2/c1-12(5-3-4-10(12)13)9-14-6-7-17-8-11(14)18(2,15)16/h10-11H,3-9,13H2,1-2H3. The quantitative estimate of drug-likeness (QED) is 0.838. The second-order valence-electron chi connectivity index (χ2n) is 5.98. The summed E-state index contributed by atoms with van der Waals surface area (Å²) in [5, 5.41) is -0.319. The van der Waals surface area contributed by atoms with Gasteiger partial charge in [-0.15, -0.1) is 0 Å². The third kappa shape index (κ3) is 3.03. The summed E-state index contributed by atoms with van der Waals surface area (Å²) in [6.07, 6.45) is 4.72. The summed E-state index contributed by atoms with van der Waals surface area (Å²) in [5.41, 5.74) is 6.29. The Morgan fingerprint density at radius 1 is 1.50 bits per heavy atom. The van der Waals surface area contributed by atoms with Gasteiger partial charge in [0.05, 0.1) is 0 Å². The monoisotopic (exact) mass is 292 g/mol. The molecule has 2 fully saturated rings. The van der Waals surface area contributed by atoms with Crippen molar-refractivity contribution >= 4 is 21.6 Å². The molecule has 18 heavy (non-hydrogen) atoms. The van der Waals surface area contributed by atoms with Crippen LogP contribution in [0.3, 0.4) is 0 Å². The van der Waals surface area contributed by atoms with Crippen molar-refractivity contribution < 1.29 is 8.42 Å². The molecule has 1 aliphatic carbocycles. The molecule has 0 radical (unpaired) electrons. The Morgan fingerprint density at radius 2 is 2.22 bits per heavy atom. The van der Waals surface area contributed by atoms with Crippen LogP contribution in [0.2, 0.25) is 0 Å². The van der Waals surface area contributed by atoms with Crippen LogP contribution in [0.15, 0.2) is 0 Å². The lowest BCUT2D eigenvalue weighted by Gasteiger charge is -2.41. The van der Waals surface area contributed by atoms with Crippen LogP contribution in [0.4, 0.5) is 0 Å². The Balaban J connectivity index is 2.11. The molecule has 3 unspecified atom stereocenters. The lowest BCUT2D eigenvalue weighted by atomic mass is 9.84. The van der Waals surface area contributed by atoms with Gasteiger partial charge >= 0.3 is 0 Å². The molecule has 2 rings (SSSR count). The lowest BCUT2D eigenvalue weighted by molar-refractivity contribution is 0.150. The van der Waals surface area contributed by atoms with Crippen LogP contribution in [-0.2, 0) is 9.84 Å². The van der Waals surface area contributed by atoms with Crippen molar-refractivity contribution in [1.82, 2.24) is 4.90 Å². The van der Waals surface area contributed by atoms with Gasteiger partial charge < -0.3 is 5.73 Å². The van der Waals surface area contributed by atoms with Gasteiger partial charge in [0.1, 0.15) is 5.37 Å². The maximum atomic E-state index is 11.9. The molecule has 4 nitrogen and oxygen atoms in total. The molecule has 2 aliphatic rings. The molecule has 0 aromatic heterocycles. The molecule has 1 heterocycles. The van der Waals surface area contributed by atoms with E-state index in [-0.39, 0.29) is 16.8 Å². The van der Waals surface area contributed by atoms with Gasteiger partial charge in [0, 0.05) is 36.9 Å². The minimum Gasteiger partial charge on any atom is -0.327 e. The molecule has 0 aromatic carbocycles. The first-order chi connectivity index (χ1) is 8.33. The Morgan fingerprint density at radius 3 is 2.78 bits per heavy atom. The normalized spacial score (nSPS) is 39.1. The highest BCUT2D eigenvalue weighted by Crippen LogP contribution is 2.38. The topological polar surface area (TPSA) is 63.4 Å². The summed E-state index contributed by atoms with van der Waals surface area (Å²) in [6.45, 7) is 3.91. The average molecular weight is 292 g/mol. The van der Waals surface area contributed by atoms with E-state index in [1.54, 1.807) is 11.8 Å². The highest BCUT2D eigenvalue weighted by Gasteiger charge is 2.41. The largest absolute Gasteiger partial charge is 0.327 e. The van der Waals surface area contributed by atoms with Crippen molar-refractivity contribution in [2.45, 2.75) is 37.6 Å². The van der Waals surface area contributed by atoms with Crippen molar-refractivity contribution in [2.75, 3.05) is 30.9 Å². The van der Waals surface area contributed by atoms with Crippen LogP contribution in [0.5, 0.6) is 0 Å². The van der Waals surface area contributed by atoms with E-state index in [9.17, 15) is 8.42 Å². The Kier molecular flexibility index (Phi) is 4.31. The van der Waals surface area contributed by atoms with Gasteiger partial charge in [-0.2, -0.15) is 11.8 Å². The molecule has 106 valence electrons. The Labute approximate surface area is 115 Å². The molecule has 1 aliphatic heterocycles. The summed E-state index contributed by atoms with van der Waals surface area (Å²) in [5.74, 6) is 1.72. The van der Waals surface area contributed by atoms with Gasteiger partial charge in [0.25, 0.3) is 0 Å². The van der Waals surface area contributed by atoms with Gasteiger partial charge in [-0.05, 0) is 18.3 Å². The number of nitrogens with two attached hydrogens (primary N) is 1. The number of hydrogen-bond donors (Lipinski definition) is 1. The van der Waals surface area contributed by atoms with E-state index in [0.29, 0.717) is 5.75 Å². The molecule has 1 saturated carbocycles. The van der Waals surface area contributed by atoms with Gasteiger partial charge in [-0.25, -0.2) is 8.42 Å². The van der Waals surface area contributed by atoms with E-state index >= 15 is 0 Å². The molecule has 0 spiro atoms. The van der Waals surface area contributed by atoms with Gasteiger partial charge in [0.15, 0.2) is 9.84 Å². The zero-order valence-electron chi connectivity index (χ0n) is 11.3. The van der Waals surface area contributed by atoms with Crippen LogP contribution >= 0.6 is 11.8 Å². The van der Waals surface area contributed by atoms with Gasteiger partial charge in [-0.1, -0.05) is 13.3 Å². The van der Waals surface area contributed by atoms with Gasteiger partial charge in [-0.3, -0.25) is 4.90 Å². The second kappa shape index (κ2) is 5.31. The minimum atomic E-state index is -3.00. The number of thioether (sulfide) groups is 1. The SMILES string of the molecule is CC1(CN2CCSCC2S(C)(=O)=O)CCCC1N. The number of sulfone groups is 1. The van der Waals surface area contributed by atoms with E-state index in [4.69, 9.17) is 5.73 Å². The Bertz CT molecular complexity index is 399. The molecule has 1 saturated heterocycles. The molecule has 2 N–H and O–H groups in total. The summed E-state index contributed by atoms with van der Waals surface area (Å²) >= 11 is 1.74. The van der Waals surface area contributed by atoms with Crippen molar-refractivity contribution in [3.63, 3.8) is 0 Å². The van der Waals surface area contributed by atoms with E-state index in [0.717, 1.165) is 31.7 Å². The molecule has 0 amide bonds. The van der Waals surface area contributed by atoms with Crippen molar-refractivity contribution in [1.29, 1.82) is 0 Å². The van der Waals surface area contributed by atoms with Crippen molar-refractivity contribution in [2.24, 2.45) is 11.1 Å². The first-order valence-corrected chi connectivity index (χ1v) is 9.70. The van der Waals surface area contributed by atoms with E-state index in [2.05, 4.69) is 11.8 Å². The van der Waals surface area contributed by atoms with Crippen LogP contribution in [0.1, 0.15) is 26.2 Å². The third-order valence-electron chi connectivity index (χ3n) is 4.41. The molecule has 0 bridgehead atoms. The van der Waals surface area contributed by atoms with Crippen LogP contribution in [0.25, 0.3) is 0 Å². The van der Waals surface area contributed by atoms with E-state index in [1.165, 1.54) is 12.7 Å². The Hall–Kier alpha value is 0.220. The predicted octanol–water partition coefficient (Wildman–Crippen LogP) is 0.923. The van der Waals surface area contributed by atoms with Crippen molar-refractivity contribution in [3.05, 3.63) is 0 Å². The van der Waals surface area contributed by atoms with E-state index < -0.39 is 9.84 Å². The highest BCUT2D eigenvalue weighted by atomic mass is 32.2. The summed E-state index contributed by atoms with van der Waals surface area (Å²) in [4.78, 5) is 2.15. The van der Waals surface area contributed by atoms with Crippen LogP contribution in [-0.4, -0.2) is 55.6 Å². The number of hydrogen-bond acceptors (Lipinski definition) is 5. The second-order valence-corrected chi connectivity index (χ2v) is 9.34. The van der Waals surface area contributed by atoms with E-state index in [1.807, 2.05) is 0 Å². The number of nitrogens with zero attached hydrogens (tertiary/aromatic N) is 1. The molecular formula is C12H24N2O2S2. The zero-order chi connectivity index (χ0) is 13.4. The fraction of sp³-hybridized carbons (Fsp3) is 1.00. The molecule has 3 atom stereocenters. The zero-order valence-corrected chi connectivity index (χ0v) is 12.9. The first-order valence-electron chi connectivity index (χ1n) is 6.59. The summed E-state index contributed by atoms with van der Waals surface area (Å²) in [7, 11) is -3.00. The first kappa shape index (κ1) is 14.6. The highest BCUT2D eigenvalue weighted by molar-refractivity contribution is 8.00. The molecule has 0 aromatic rings. The third-order valence-corrected chi connectivity index (χ3v) is 7.09. The average Bonchev–Trinajstić information content (AvgIpc) is 2.58. The smallest absolute Gasteiger partial charge is 0.164 e. The maximum Gasteiger partial charge on any atom is 0.164 e. The van der Waals surface area contributed by atoms with Crippen molar-refractivity contribution in [3.8, 4) is 0 Å². The number of rotatable bonds is 3. The van der Waals surface area contributed by atoms with Crippen LogP contribution in [0, 0.1) is 5.41 Å². The fourth-order valence-corrected chi connectivity index (χ4v) is 6.05. The maximum absolute atomic E-state index is 11.9. The lowest BCUT2D eigenvalue weighted by Crippen LogP contribution is -2.53. The fourth-order valence-electron chi connectivity index (χ4n) is 3.11. The van der Waals surface area contributed by atoms with Gasteiger partial charge in [0.2, 0.25) is 0 Å². The molecular weight excluding hydrogens is 268 g/mol. The van der Waals surface area contributed by atoms with Crippen LogP contribution < -0.4 is 5.73 Å². The summed E-state index contributed by atoms with van der Waals surface area (Å²) < 4.78 is 23.7.